The number of amides is 1. The maximum Gasteiger partial charge on any atom is 0.410 e. The Kier molecular flexibility index (Phi) is 4.99. The van der Waals surface area contributed by atoms with E-state index >= 15 is 0 Å². The molecule has 9 heteroatoms. The first-order valence-electron chi connectivity index (χ1n) is 8.48. The number of carbonyl (C=O) groups is 1. The van der Waals surface area contributed by atoms with Crippen LogP contribution in [0.2, 0.25) is 0 Å². The van der Waals surface area contributed by atoms with Gasteiger partial charge in [-0.05, 0) is 39.2 Å². The van der Waals surface area contributed by atoms with Crippen LogP contribution in [0, 0.1) is 16.0 Å². The normalized spacial score (nSPS) is 17.5. The Bertz CT molecular complexity index is 830. The van der Waals surface area contributed by atoms with Crippen molar-refractivity contribution < 1.29 is 14.5 Å². The minimum atomic E-state index is -0.489. The summed E-state index contributed by atoms with van der Waals surface area (Å²) in [5.74, 6) is 0.323. The highest BCUT2D eigenvalue weighted by atomic mass is 32.1. The molecule has 3 rings (SSSR count). The van der Waals surface area contributed by atoms with Crippen LogP contribution in [0.1, 0.15) is 27.2 Å². The molecule has 1 fully saturated rings. The number of nitro groups is 1. The van der Waals surface area contributed by atoms with Gasteiger partial charge in [-0.1, -0.05) is 11.3 Å². The number of nitro benzene ring substituents is 1. The van der Waals surface area contributed by atoms with Crippen LogP contribution >= 0.6 is 11.3 Å². The number of ether oxygens (including phenoxy) is 1. The molecule has 1 aliphatic heterocycles. The lowest BCUT2D eigenvalue weighted by molar-refractivity contribution is -0.384. The third-order valence-electron chi connectivity index (χ3n) is 4.06. The Hall–Kier alpha value is -2.42. The average molecular weight is 378 g/mol. The van der Waals surface area contributed by atoms with Crippen LogP contribution in [0.3, 0.4) is 0 Å². The molecular weight excluding hydrogens is 356 g/mol. The molecule has 1 aromatic heterocycles. The van der Waals surface area contributed by atoms with Gasteiger partial charge in [0.15, 0.2) is 5.13 Å². The molecule has 1 unspecified atom stereocenters. The lowest BCUT2D eigenvalue weighted by atomic mass is 10.1. The lowest BCUT2D eigenvalue weighted by Crippen LogP contribution is -2.35. The van der Waals surface area contributed by atoms with Gasteiger partial charge in [0, 0.05) is 31.8 Å². The second kappa shape index (κ2) is 7.06. The summed E-state index contributed by atoms with van der Waals surface area (Å²) in [7, 11) is 0. The molecule has 0 aliphatic carbocycles. The first kappa shape index (κ1) is 18.4. The van der Waals surface area contributed by atoms with Gasteiger partial charge in [-0.25, -0.2) is 9.78 Å². The van der Waals surface area contributed by atoms with Crippen LogP contribution in [0.4, 0.5) is 15.6 Å². The van der Waals surface area contributed by atoms with Crippen LogP contribution in [0.15, 0.2) is 18.2 Å². The van der Waals surface area contributed by atoms with Crippen molar-refractivity contribution in [2.45, 2.75) is 32.8 Å². The molecule has 140 valence electrons. The number of thiazole rings is 1. The van der Waals surface area contributed by atoms with Crippen molar-refractivity contribution in [1.29, 1.82) is 0 Å². The standard InChI is InChI=1S/C17H22N4O4S/c1-17(2,3)25-16(22)20-7-6-11(10-20)9-18-15-19-13-8-12(21(23)24)4-5-14(13)26-15/h4-5,8,11H,6-7,9-10H2,1-3H3,(H,18,19). The SMILES string of the molecule is CC(C)(C)OC(=O)N1CCC(CNc2nc3cc([N+](=O)[O-])ccc3s2)C1. The van der Waals surface area contributed by atoms with Crippen molar-refractivity contribution in [2.24, 2.45) is 5.92 Å². The number of likely N-dealkylation sites (tertiary alicyclic amines) is 1. The third kappa shape index (κ3) is 4.40. The van der Waals surface area contributed by atoms with Crippen molar-refractivity contribution >= 4 is 38.5 Å². The lowest BCUT2D eigenvalue weighted by Gasteiger charge is -2.24. The topological polar surface area (TPSA) is 97.6 Å². The van der Waals surface area contributed by atoms with Gasteiger partial charge in [0.05, 0.1) is 15.1 Å². The van der Waals surface area contributed by atoms with Crippen LogP contribution in [-0.2, 0) is 4.74 Å². The summed E-state index contributed by atoms with van der Waals surface area (Å²) >= 11 is 1.47. The molecule has 1 N–H and O–H groups in total. The molecule has 0 bridgehead atoms. The number of nitrogens with zero attached hydrogens (tertiary/aromatic N) is 3. The zero-order chi connectivity index (χ0) is 18.9. The summed E-state index contributed by atoms with van der Waals surface area (Å²) in [6.45, 7) is 7.61. The number of rotatable bonds is 4. The van der Waals surface area contributed by atoms with Crippen LogP contribution < -0.4 is 5.32 Å². The van der Waals surface area contributed by atoms with Gasteiger partial charge in [0.25, 0.3) is 5.69 Å². The van der Waals surface area contributed by atoms with Gasteiger partial charge >= 0.3 is 6.09 Å². The van der Waals surface area contributed by atoms with E-state index in [1.807, 2.05) is 20.8 Å². The second-order valence-corrected chi connectivity index (χ2v) is 8.42. The number of hydrogen-bond acceptors (Lipinski definition) is 7. The van der Waals surface area contributed by atoms with Crippen molar-refractivity contribution in [1.82, 2.24) is 9.88 Å². The third-order valence-corrected chi connectivity index (χ3v) is 5.06. The Morgan fingerprint density at radius 1 is 1.50 bits per heavy atom. The fraction of sp³-hybridized carbons (Fsp3) is 0.529. The molecule has 1 aliphatic rings. The monoisotopic (exact) mass is 378 g/mol. The van der Waals surface area contributed by atoms with E-state index in [1.165, 1.54) is 23.5 Å². The number of hydrogen-bond donors (Lipinski definition) is 1. The second-order valence-electron chi connectivity index (χ2n) is 7.39. The summed E-state index contributed by atoms with van der Waals surface area (Å²) in [5.41, 5.74) is 0.170. The van der Waals surface area contributed by atoms with E-state index in [-0.39, 0.29) is 11.8 Å². The highest BCUT2D eigenvalue weighted by molar-refractivity contribution is 7.22. The molecule has 8 nitrogen and oxygen atoms in total. The number of non-ortho nitro benzene ring substituents is 1. The minimum absolute atomic E-state index is 0.0399. The van der Waals surface area contributed by atoms with E-state index in [4.69, 9.17) is 4.74 Å². The Balaban J connectivity index is 1.56. The van der Waals surface area contributed by atoms with E-state index in [1.54, 1.807) is 11.0 Å². The molecule has 1 aromatic carbocycles. The van der Waals surface area contributed by atoms with E-state index in [0.29, 0.717) is 31.1 Å². The molecule has 0 spiro atoms. The van der Waals surface area contributed by atoms with Crippen molar-refractivity contribution in [3.8, 4) is 0 Å². The van der Waals surface area contributed by atoms with Gasteiger partial charge in [0.1, 0.15) is 5.60 Å². The first-order chi connectivity index (χ1) is 12.2. The highest BCUT2D eigenvalue weighted by Crippen LogP contribution is 2.29. The van der Waals surface area contributed by atoms with Gasteiger partial charge in [-0.2, -0.15) is 0 Å². The summed E-state index contributed by atoms with van der Waals surface area (Å²) < 4.78 is 6.31. The molecule has 2 heterocycles. The predicted octanol–water partition coefficient (Wildman–Crippen LogP) is 3.87. The van der Waals surface area contributed by atoms with Gasteiger partial charge in [-0.15, -0.1) is 0 Å². The molecule has 1 amide bonds. The number of nitrogens with one attached hydrogen (secondary N) is 1. The molecule has 0 saturated carbocycles. The fourth-order valence-corrected chi connectivity index (χ4v) is 3.68. The largest absolute Gasteiger partial charge is 0.444 e. The highest BCUT2D eigenvalue weighted by Gasteiger charge is 2.29. The maximum atomic E-state index is 12.1. The maximum absolute atomic E-state index is 12.1. The number of aromatic nitrogens is 1. The smallest absolute Gasteiger partial charge is 0.410 e. The minimum Gasteiger partial charge on any atom is -0.444 e. The number of fused-ring (bicyclic) bond motifs is 1. The fourth-order valence-electron chi connectivity index (χ4n) is 2.83. The van der Waals surface area contributed by atoms with Gasteiger partial charge in [-0.3, -0.25) is 10.1 Å². The Morgan fingerprint density at radius 3 is 2.96 bits per heavy atom. The molecule has 1 atom stereocenters. The zero-order valence-corrected chi connectivity index (χ0v) is 15.8. The van der Waals surface area contributed by atoms with E-state index < -0.39 is 10.5 Å². The summed E-state index contributed by atoms with van der Waals surface area (Å²) in [6.07, 6.45) is 0.634. The van der Waals surface area contributed by atoms with E-state index in [9.17, 15) is 14.9 Å². The van der Waals surface area contributed by atoms with Crippen molar-refractivity contribution in [3.05, 3.63) is 28.3 Å². The van der Waals surface area contributed by atoms with Crippen LogP contribution in [0.25, 0.3) is 10.2 Å². The number of benzene rings is 1. The molecular formula is C17H22N4O4S. The van der Waals surface area contributed by atoms with Crippen molar-refractivity contribution in [2.75, 3.05) is 25.0 Å². The molecule has 2 aromatic rings. The van der Waals surface area contributed by atoms with Crippen LogP contribution in [-0.4, -0.2) is 46.1 Å². The Morgan fingerprint density at radius 2 is 2.27 bits per heavy atom. The van der Waals surface area contributed by atoms with Gasteiger partial charge in [0.2, 0.25) is 0 Å². The summed E-state index contributed by atoms with van der Waals surface area (Å²) in [5, 5.41) is 14.9. The number of carbonyl (C=O) groups excluding carboxylic acids is 1. The zero-order valence-electron chi connectivity index (χ0n) is 15.0. The first-order valence-corrected chi connectivity index (χ1v) is 9.30. The average Bonchev–Trinajstić information content (AvgIpc) is 3.17. The molecule has 0 radical (unpaired) electrons. The predicted molar refractivity (Wildman–Crippen MR) is 101 cm³/mol. The quantitative estimate of drug-likeness (QED) is 0.640. The van der Waals surface area contributed by atoms with E-state index in [2.05, 4.69) is 10.3 Å². The summed E-state index contributed by atoms with van der Waals surface area (Å²) in [6, 6.07) is 4.69. The van der Waals surface area contributed by atoms with E-state index in [0.717, 1.165) is 16.3 Å². The van der Waals surface area contributed by atoms with Gasteiger partial charge < -0.3 is 15.0 Å². The van der Waals surface area contributed by atoms with Crippen molar-refractivity contribution in [3.63, 3.8) is 0 Å². The number of anilines is 1. The van der Waals surface area contributed by atoms with Crippen LogP contribution in [0.5, 0.6) is 0 Å². The summed E-state index contributed by atoms with van der Waals surface area (Å²) in [4.78, 5) is 28.7. The molecule has 1 saturated heterocycles. The Labute approximate surface area is 155 Å². The molecule has 26 heavy (non-hydrogen) atoms.